The Bertz CT molecular complexity index is 839. The summed E-state index contributed by atoms with van der Waals surface area (Å²) in [6.45, 7) is 2.88. The van der Waals surface area contributed by atoms with Crippen molar-refractivity contribution >= 4 is 17.5 Å². The molecule has 29 heavy (non-hydrogen) atoms. The summed E-state index contributed by atoms with van der Waals surface area (Å²) in [6.07, 6.45) is 2.32. The zero-order valence-electron chi connectivity index (χ0n) is 17.0. The second-order valence-electron chi connectivity index (χ2n) is 7.82. The molecule has 2 aromatic carbocycles. The first-order valence-corrected chi connectivity index (χ1v) is 9.99. The number of nitrogens with zero attached hydrogens (tertiary/aromatic N) is 2. The maximum absolute atomic E-state index is 13.3. The third-order valence-corrected chi connectivity index (χ3v) is 5.24. The lowest BCUT2D eigenvalue weighted by Gasteiger charge is -2.31. The number of carbonyl (C=O) groups excluding carboxylic acids is 2. The highest BCUT2D eigenvalue weighted by atomic mass is 19.1. The molecule has 0 heterocycles. The number of carbonyl (C=O) groups is 2. The number of amides is 2. The predicted octanol–water partition coefficient (Wildman–Crippen LogP) is 3.52. The summed E-state index contributed by atoms with van der Waals surface area (Å²) in [5, 5.41) is 2.66. The van der Waals surface area contributed by atoms with Crippen LogP contribution in [0.2, 0.25) is 0 Å². The van der Waals surface area contributed by atoms with Crippen LogP contribution in [-0.2, 0) is 16.1 Å². The molecule has 0 aromatic heterocycles. The highest BCUT2D eigenvalue weighted by Crippen LogP contribution is 2.35. The molecule has 1 atom stereocenters. The van der Waals surface area contributed by atoms with E-state index in [0.29, 0.717) is 18.2 Å². The fraction of sp³-hybridized carbons (Fsp3) is 0.391. The van der Waals surface area contributed by atoms with Crippen molar-refractivity contribution in [1.82, 2.24) is 9.80 Å². The van der Waals surface area contributed by atoms with Gasteiger partial charge in [0.25, 0.3) is 0 Å². The number of nitrogens with one attached hydrogen (secondary N) is 1. The Balaban J connectivity index is 1.56. The van der Waals surface area contributed by atoms with Crippen molar-refractivity contribution in [3.8, 4) is 0 Å². The van der Waals surface area contributed by atoms with E-state index < -0.39 is 5.82 Å². The van der Waals surface area contributed by atoms with Crippen molar-refractivity contribution < 1.29 is 14.0 Å². The zero-order valence-corrected chi connectivity index (χ0v) is 17.0. The fourth-order valence-electron chi connectivity index (χ4n) is 3.46. The Hall–Kier alpha value is -2.73. The smallest absolute Gasteiger partial charge is 0.238 e. The van der Waals surface area contributed by atoms with E-state index in [1.54, 1.807) is 24.1 Å². The summed E-state index contributed by atoms with van der Waals surface area (Å²) in [5.74, 6) is -0.119. The van der Waals surface area contributed by atoms with Gasteiger partial charge in [0, 0.05) is 18.3 Å². The number of hydrogen-bond donors (Lipinski definition) is 1. The molecule has 6 heteroatoms. The van der Waals surface area contributed by atoms with Gasteiger partial charge in [-0.3, -0.25) is 14.5 Å². The van der Waals surface area contributed by atoms with Gasteiger partial charge in [-0.05, 0) is 56.5 Å². The van der Waals surface area contributed by atoms with Crippen LogP contribution in [0.4, 0.5) is 10.1 Å². The van der Waals surface area contributed by atoms with E-state index in [9.17, 15) is 14.0 Å². The summed E-state index contributed by atoms with van der Waals surface area (Å²) >= 11 is 0. The predicted molar refractivity (Wildman–Crippen MR) is 112 cm³/mol. The number of rotatable bonds is 9. The van der Waals surface area contributed by atoms with Crippen LogP contribution in [-0.4, -0.2) is 47.8 Å². The Morgan fingerprint density at radius 3 is 2.48 bits per heavy atom. The van der Waals surface area contributed by atoms with Gasteiger partial charge in [0.2, 0.25) is 11.8 Å². The minimum absolute atomic E-state index is 0.00862. The van der Waals surface area contributed by atoms with Crippen LogP contribution in [0.3, 0.4) is 0 Å². The first-order chi connectivity index (χ1) is 13.9. The Labute approximate surface area is 171 Å². The maximum atomic E-state index is 13.3. The van der Waals surface area contributed by atoms with Gasteiger partial charge in [0.05, 0.1) is 13.1 Å². The molecule has 0 unspecified atom stereocenters. The molecular formula is C23H28FN3O2. The molecule has 0 bridgehead atoms. The van der Waals surface area contributed by atoms with E-state index in [-0.39, 0.29) is 30.9 Å². The van der Waals surface area contributed by atoms with Crippen LogP contribution in [0.1, 0.15) is 25.3 Å². The number of halogens is 1. The Morgan fingerprint density at radius 1 is 1.10 bits per heavy atom. The van der Waals surface area contributed by atoms with E-state index in [1.165, 1.54) is 12.1 Å². The van der Waals surface area contributed by atoms with Gasteiger partial charge < -0.3 is 10.2 Å². The van der Waals surface area contributed by atoms with Gasteiger partial charge in [0.15, 0.2) is 0 Å². The highest BCUT2D eigenvalue weighted by Gasteiger charge is 2.34. The molecule has 2 aromatic rings. The summed E-state index contributed by atoms with van der Waals surface area (Å²) in [6, 6.07) is 15.9. The molecule has 0 radical (unpaired) electrons. The van der Waals surface area contributed by atoms with Crippen molar-refractivity contribution in [3.63, 3.8) is 0 Å². The van der Waals surface area contributed by atoms with Crippen LogP contribution in [0.25, 0.3) is 0 Å². The summed E-state index contributed by atoms with van der Waals surface area (Å²) < 4.78 is 13.3. The lowest BCUT2D eigenvalue weighted by atomic mass is 10.1. The van der Waals surface area contributed by atoms with Crippen molar-refractivity contribution in [2.75, 3.05) is 25.5 Å². The average Bonchev–Trinajstić information content (AvgIpc) is 3.51. The van der Waals surface area contributed by atoms with Gasteiger partial charge in [-0.2, -0.15) is 0 Å². The van der Waals surface area contributed by atoms with Gasteiger partial charge in [-0.25, -0.2) is 4.39 Å². The van der Waals surface area contributed by atoms with Gasteiger partial charge in [0.1, 0.15) is 5.82 Å². The molecule has 0 saturated heterocycles. The summed E-state index contributed by atoms with van der Waals surface area (Å²) in [5.41, 5.74) is 1.50. The molecule has 2 amide bonds. The zero-order chi connectivity index (χ0) is 20.8. The van der Waals surface area contributed by atoms with Crippen molar-refractivity contribution in [2.24, 2.45) is 5.92 Å². The van der Waals surface area contributed by atoms with Gasteiger partial charge in [-0.1, -0.05) is 36.4 Å². The normalized spacial score (nSPS) is 14.5. The van der Waals surface area contributed by atoms with Crippen molar-refractivity contribution in [3.05, 3.63) is 66.0 Å². The summed E-state index contributed by atoms with van der Waals surface area (Å²) in [4.78, 5) is 28.9. The van der Waals surface area contributed by atoms with Crippen LogP contribution in [0.15, 0.2) is 54.6 Å². The largest absolute Gasteiger partial charge is 0.334 e. The van der Waals surface area contributed by atoms with Gasteiger partial charge in [-0.15, -0.1) is 0 Å². The highest BCUT2D eigenvalue weighted by molar-refractivity contribution is 5.92. The standard InChI is InChI=1S/C23H28FN3O2/c1-17(19-11-12-19)27(14-18-7-4-3-5-8-18)23(29)16-26(2)15-22(28)25-21-10-6-9-20(24)13-21/h3-10,13,17,19H,11-12,14-16H2,1-2H3,(H,25,28)/t17-/m0/s1. The lowest BCUT2D eigenvalue weighted by molar-refractivity contribution is -0.135. The van der Waals surface area contributed by atoms with E-state index >= 15 is 0 Å². The minimum Gasteiger partial charge on any atom is -0.334 e. The second-order valence-corrected chi connectivity index (χ2v) is 7.82. The Kier molecular flexibility index (Phi) is 6.99. The topological polar surface area (TPSA) is 52.7 Å². The fourth-order valence-corrected chi connectivity index (χ4v) is 3.46. The number of benzene rings is 2. The van der Waals surface area contributed by atoms with Crippen LogP contribution in [0.5, 0.6) is 0 Å². The molecule has 3 rings (SSSR count). The molecule has 0 spiro atoms. The number of anilines is 1. The van der Waals surface area contributed by atoms with E-state index in [1.807, 2.05) is 35.2 Å². The van der Waals surface area contributed by atoms with E-state index in [0.717, 1.165) is 18.4 Å². The molecule has 0 aliphatic heterocycles. The molecule has 1 N–H and O–H groups in total. The molecule has 1 aliphatic rings. The number of hydrogen-bond acceptors (Lipinski definition) is 3. The van der Waals surface area contributed by atoms with Crippen LogP contribution >= 0.6 is 0 Å². The molecule has 1 saturated carbocycles. The summed E-state index contributed by atoms with van der Waals surface area (Å²) in [7, 11) is 1.74. The quantitative estimate of drug-likeness (QED) is 0.704. The van der Waals surface area contributed by atoms with Gasteiger partial charge >= 0.3 is 0 Å². The van der Waals surface area contributed by atoms with Crippen LogP contribution in [0, 0.1) is 11.7 Å². The van der Waals surface area contributed by atoms with Crippen LogP contribution < -0.4 is 5.32 Å². The average molecular weight is 397 g/mol. The maximum Gasteiger partial charge on any atom is 0.238 e. The third-order valence-electron chi connectivity index (χ3n) is 5.24. The number of likely N-dealkylation sites (N-methyl/N-ethyl adjacent to an activating group) is 1. The first kappa shape index (κ1) is 21.0. The van der Waals surface area contributed by atoms with Crippen molar-refractivity contribution in [1.29, 1.82) is 0 Å². The first-order valence-electron chi connectivity index (χ1n) is 9.99. The molecule has 1 aliphatic carbocycles. The molecule has 154 valence electrons. The van der Waals surface area contributed by atoms with Crippen molar-refractivity contribution in [2.45, 2.75) is 32.4 Å². The monoisotopic (exact) mass is 397 g/mol. The van der Waals surface area contributed by atoms with E-state index in [2.05, 4.69) is 12.2 Å². The minimum atomic E-state index is -0.406. The Morgan fingerprint density at radius 2 is 1.83 bits per heavy atom. The second kappa shape index (κ2) is 9.65. The van der Waals surface area contributed by atoms with E-state index in [4.69, 9.17) is 0 Å². The SMILES string of the molecule is C[C@@H](C1CC1)N(Cc1ccccc1)C(=O)CN(C)CC(=O)Nc1cccc(F)c1. The third kappa shape index (κ3) is 6.39. The molecule has 1 fully saturated rings. The molecule has 5 nitrogen and oxygen atoms in total. The molecular weight excluding hydrogens is 369 g/mol. The lowest BCUT2D eigenvalue weighted by Crippen LogP contribution is -2.45.